The van der Waals surface area contributed by atoms with Crippen molar-refractivity contribution in [2.75, 3.05) is 13.1 Å². The third-order valence-corrected chi connectivity index (χ3v) is 5.87. The number of fused-ring (bicyclic) bond motifs is 1. The molecule has 10 heteroatoms. The largest absolute Gasteiger partial charge is 0.417 e. The maximum absolute atomic E-state index is 13.3. The van der Waals surface area contributed by atoms with E-state index in [1.54, 1.807) is 6.20 Å². The number of alkyl halides is 3. The van der Waals surface area contributed by atoms with E-state index in [0.29, 0.717) is 30.7 Å². The number of nitrogens with zero attached hydrogens (tertiary/aromatic N) is 5. The smallest absolute Gasteiger partial charge is 0.329 e. The highest BCUT2D eigenvalue weighted by Crippen LogP contribution is 2.38. The first kappa shape index (κ1) is 20.1. The quantitative estimate of drug-likeness (QED) is 0.565. The third-order valence-electron chi connectivity index (χ3n) is 5.38. The van der Waals surface area contributed by atoms with Crippen molar-refractivity contribution in [2.45, 2.75) is 36.4 Å². The van der Waals surface area contributed by atoms with Crippen LogP contribution in [0.5, 0.6) is 0 Å². The van der Waals surface area contributed by atoms with Gasteiger partial charge in [-0.2, -0.15) is 17.1 Å². The molecule has 1 fully saturated rings. The van der Waals surface area contributed by atoms with Crippen molar-refractivity contribution in [3.63, 3.8) is 0 Å². The summed E-state index contributed by atoms with van der Waals surface area (Å²) in [5, 5.41) is 0. The first-order valence-corrected chi connectivity index (χ1v) is 9.93. The molecule has 0 spiro atoms. The fourth-order valence-corrected chi connectivity index (χ4v) is 4.23. The molecule has 0 amide bonds. The van der Waals surface area contributed by atoms with E-state index in [1.807, 2.05) is 23.7 Å². The summed E-state index contributed by atoms with van der Waals surface area (Å²) in [6, 6.07) is 4.69. The van der Waals surface area contributed by atoms with Crippen LogP contribution in [0.1, 0.15) is 35.8 Å². The molecule has 0 aromatic carbocycles. The lowest BCUT2D eigenvalue weighted by molar-refractivity contribution is -0.138. The first-order valence-electron chi connectivity index (χ1n) is 9.21. The Morgan fingerprint density at radius 3 is 2.62 bits per heavy atom. The van der Waals surface area contributed by atoms with E-state index in [0.717, 1.165) is 36.7 Å². The summed E-state index contributed by atoms with van der Waals surface area (Å²) in [5.41, 5.74) is 1.17. The van der Waals surface area contributed by atoms with Crippen molar-refractivity contribution in [2.24, 2.45) is 7.05 Å². The van der Waals surface area contributed by atoms with Crippen molar-refractivity contribution >= 4 is 23.3 Å². The van der Waals surface area contributed by atoms with Gasteiger partial charge in [0, 0.05) is 25.4 Å². The van der Waals surface area contributed by atoms with E-state index in [1.165, 1.54) is 0 Å². The molecule has 154 valence electrons. The fourth-order valence-electron chi connectivity index (χ4n) is 3.76. The number of piperidine rings is 1. The summed E-state index contributed by atoms with van der Waals surface area (Å²) in [7, 11) is 1.95. The lowest BCUT2D eigenvalue weighted by atomic mass is 9.92. The summed E-state index contributed by atoms with van der Waals surface area (Å²) < 4.78 is 53.9. The molecule has 3 aromatic rings. The van der Waals surface area contributed by atoms with Crippen molar-refractivity contribution in [1.82, 2.24) is 24.4 Å². The van der Waals surface area contributed by atoms with E-state index in [4.69, 9.17) is 0 Å². The van der Waals surface area contributed by atoms with Gasteiger partial charge in [-0.1, -0.05) is 0 Å². The highest BCUT2D eigenvalue weighted by Gasteiger charge is 2.33. The molecule has 1 aliphatic rings. The molecule has 0 aliphatic carbocycles. The Hall–Kier alpha value is -2.20. The second-order valence-corrected chi connectivity index (χ2v) is 7.76. The number of hydrogen-bond acceptors (Lipinski definition) is 5. The van der Waals surface area contributed by atoms with Gasteiger partial charge in [-0.15, -0.1) is 0 Å². The van der Waals surface area contributed by atoms with Crippen LogP contribution < -0.4 is 0 Å². The van der Waals surface area contributed by atoms with Gasteiger partial charge in [0.1, 0.15) is 5.82 Å². The monoisotopic (exact) mass is 425 g/mol. The average molecular weight is 425 g/mol. The van der Waals surface area contributed by atoms with Crippen LogP contribution in [0.25, 0.3) is 11.2 Å². The molecular formula is C19H19F4N5S. The van der Waals surface area contributed by atoms with Crippen molar-refractivity contribution in [3.8, 4) is 0 Å². The van der Waals surface area contributed by atoms with Gasteiger partial charge in [0.15, 0.2) is 5.65 Å². The summed E-state index contributed by atoms with van der Waals surface area (Å²) in [5.74, 6) is 0.846. The number of rotatable bonds is 4. The second-order valence-electron chi connectivity index (χ2n) is 7.17. The molecule has 1 saturated heterocycles. The maximum Gasteiger partial charge on any atom is 0.417 e. The van der Waals surface area contributed by atoms with Gasteiger partial charge < -0.3 is 4.57 Å². The number of likely N-dealkylation sites (tertiary alicyclic amines) is 1. The fraction of sp³-hybridized carbons (Fsp3) is 0.421. The molecule has 3 aromatic heterocycles. The number of hydrogen-bond donors (Lipinski definition) is 0. The molecule has 0 radical (unpaired) electrons. The Kier molecular flexibility index (Phi) is 5.48. The zero-order valence-electron chi connectivity index (χ0n) is 15.7. The van der Waals surface area contributed by atoms with Gasteiger partial charge in [0.25, 0.3) is 0 Å². The Morgan fingerprint density at radius 2 is 1.97 bits per heavy atom. The average Bonchev–Trinajstić information content (AvgIpc) is 3.03. The molecule has 1 aliphatic heterocycles. The van der Waals surface area contributed by atoms with Gasteiger partial charge in [0.05, 0.1) is 40.4 Å². The Bertz CT molecular complexity index is 1010. The predicted octanol–water partition coefficient (Wildman–Crippen LogP) is 4.74. The van der Waals surface area contributed by atoms with Crippen LogP contribution in [0.2, 0.25) is 0 Å². The summed E-state index contributed by atoms with van der Waals surface area (Å²) in [6.07, 6.45) is -0.613. The van der Waals surface area contributed by atoms with Crippen LogP contribution in [-0.2, 0) is 19.8 Å². The number of halogens is 4. The Balaban J connectivity index is 1.45. The van der Waals surface area contributed by atoms with E-state index in [2.05, 4.69) is 19.9 Å². The van der Waals surface area contributed by atoms with Gasteiger partial charge >= 0.3 is 6.18 Å². The zero-order chi connectivity index (χ0) is 20.6. The van der Waals surface area contributed by atoms with Crippen molar-refractivity contribution in [1.29, 1.82) is 0 Å². The maximum atomic E-state index is 13.3. The van der Waals surface area contributed by atoms with Crippen molar-refractivity contribution < 1.29 is 17.1 Å². The standard InChI is InChI=1S/C19H19F4N5S/c1-27-14-3-2-6-24-18(14)26-16(27)11-28-7-4-12(5-8-28)17-15(29-23)9-13(10-25-17)19(20,21)22/h2-3,6,9-10,12H,4-5,7-8,11H2,1H3. The Morgan fingerprint density at radius 1 is 1.21 bits per heavy atom. The number of aromatic nitrogens is 4. The molecule has 0 bridgehead atoms. The minimum Gasteiger partial charge on any atom is -0.329 e. The SMILES string of the molecule is Cn1c(CN2CCC(c3ncc(C(F)(F)F)cc3SF)CC2)nc2ncccc21. The third kappa shape index (κ3) is 4.09. The number of aryl methyl sites for hydroxylation is 1. The van der Waals surface area contributed by atoms with E-state index in [9.17, 15) is 17.1 Å². The lowest BCUT2D eigenvalue weighted by Crippen LogP contribution is -2.33. The van der Waals surface area contributed by atoms with Crippen molar-refractivity contribution in [3.05, 3.63) is 47.7 Å². The van der Waals surface area contributed by atoms with Crippen LogP contribution in [-0.4, -0.2) is 37.5 Å². The van der Waals surface area contributed by atoms with Crippen LogP contribution in [0, 0.1) is 0 Å². The molecule has 0 atom stereocenters. The molecule has 29 heavy (non-hydrogen) atoms. The summed E-state index contributed by atoms with van der Waals surface area (Å²) in [4.78, 5) is 15.0. The van der Waals surface area contributed by atoms with Crippen LogP contribution in [0.4, 0.5) is 17.1 Å². The normalized spacial score (nSPS) is 16.6. The number of pyridine rings is 2. The van der Waals surface area contributed by atoms with Crippen LogP contribution in [0.3, 0.4) is 0 Å². The van der Waals surface area contributed by atoms with E-state index in [-0.39, 0.29) is 23.0 Å². The van der Waals surface area contributed by atoms with E-state index >= 15 is 0 Å². The molecule has 0 N–H and O–H groups in total. The molecule has 0 saturated carbocycles. The highest BCUT2D eigenvalue weighted by molar-refractivity contribution is 7.94. The lowest BCUT2D eigenvalue weighted by Gasteiger charge is -2.31. The van der Waals surface area contributed by atoms with Crippen LogP contribution >= 0.6 is 12.1 Å². The molecule has 5 nitrogen and oxygen atoms in total. The molecule has 4 rings (SSSR count). The van der Waals surface area contributed by atoms with Gasteiger partial charge in [-0.25, -0.2) is 9.97 Å². The predicted molar refractivity (Wildman–Crippen MR) is 102 cm³/mol. The minimum absolute atomic E-state index is 0.0419. The van der Waals surface area contributed by atoms with Gasteiger partial charge in [-0.05, 0) is 44.1 Å². The van der Waals surface area contributed by atoms with Gasteiger partial charge in [-0.3, -0.25) is 9.88 Å². The minimum atomic E-state index is -4.53. The highest BCUT2D eigenvalue weighted by atomic mass is 32.2. The second kappa shape index (κ2) is 7.91. The first-order chi connectivity index (χ1) is 13.9. The topological polar surface area (TPSA) is 46.8 Å². The number of imidazole rings is 1. The summed E-state index contributed by atoms with van der Waals surface area (Å²) >= 11 is -0.169. The molecule has 4 heterocycles. The zero-order valence-corrected chi connectivity index (χ0v) is 16.5. The Labute approximate surface area is 169 Å². The molecule has 0 unspecified atom stereocenters. The van der Waals surface area contributed by atoms with Crippen LogP contribution in [0.15, 0.2) is 35.5 Å². The molecular weight excluding hydrogens is 406 g/mol. The van der Waals surface area contributed by atoms with E-state index < -0.39 is 11.7 Å². The summed E-state index contributed by atoms with van der Waals surface area (Å²) in [6.45, 7) is 2.13. The van der Waals surface area contributed by atoms with Gasteiger partial charge in [0.2, 0.25) is 0 Å².